The smallest absolute Gasteiger partial charge is 0.241 e. The minimum atomic E-state index is -1.43. The van der Waals surface area contributed by atoms with Crippen molar-refractivity contribution in [3.63, 3.8) is 0 Å². The molecule has 0 saturated heterocycles. The van der Waals surface area contributed by atoms with Crippen LogP contribution in [0.5, 0.6) is 0 Å². The molecule has 2 N–H and O–H groups in total. The van der Waals surface area contributed by atoms with E-state index in [-0.39, 0.29) is 0 Å². The van der Waals surface area contributed by atoms with Crippen LogP contribution in [0.4, 0.5) is 0 Å². The number of hydrogen-bond donors (Lipinski definition) is 1. The lowest BCUT2D eigenvalue weighted by Crippen LogP contribution is -2.20. The minimum absolute atomic E-state index is 0.572. The molecular formula is C4H4NO3-. The summed E-state index contributed by atoms with van der Waals surface area (Å²) in [4.78, 5) is 19.2. The van der Waals surface area contributed by atoms with Gasteiger partial charge in [0.15, 0.2) is 0 Å². The minimum Gasteiger partial charge on any atom is -0.545 e. The van der Waals surface area contributed by atoms with Crippen LogP contribution in [0.1, 0.15) is 0 Å². The molecule has 0 aliphatic rings. The van der Waals surface area contributed by atoms with Crippen molar-refractivity contribution in [2.45, 2.75) is 0 Å². The number of carboxylic acid groups (broad SMARTS) is 1. The quantitative estimate of drug-likeness (QED) is 0.412. The van der Waals surface area contributed by atoms with E-state index in [1.807, 2.05) is 0 Å². The molecular weight excluding hydrogens is 110 g/mol. The van der Waals surface area contributed by atoms with E-state index in [1.165, 1.54) is 0 Å². The lowest BCUT2D eigenvalue weighted by molar-refractivity contribution is -0.297. The van der Waals surface area contributed by atoms with E-state index in [1.54, 1.807) is 0 Å². The van der Waals surface area contributed by atoms with E-state index in [0.29, 0.717) is 6.08 Å². The normalized spacial score (nSPS) is 9.50. The third-order valence-electron chi connectivity index (χ3n) is 0.384. The zero-order chi connectivity index (χ0) is 6.57. The van der Waals surface area contributed by atoms with E-state index in [4.69, 9.17) is 0 Å². The predicted octanol–water partition coefficient (Wildman–Crippen LogP) is -2.22. The number of primary amides is 1. The van der Waals surface area contributed by atoms with Crippen LogP contribution in [0.3, 0.4) is 0 Å². The molecule has 0 aromatic carbocycles. The predicted molar refractivity (Wildman–Crippen MR) is 23.3 cm³/mol. The van der Waals surface area contributed by atoms with Crippen molar-refractivity contribution >= 4 is 11.9 Å². The topological polar surface area (TPSA) is 83.2 Å². The Kier molecular flexibility index (Phi) is 2.33. The van der Waals surface area contributed by atoms with Crippen molar-refractivity contribution in [2.75, 3.05) is 0 Å². The Bertz CT molecular complexity index is 122. The first-order valence-electron chi connectivity index (χ1n) is 1.81. The van der Waals surface area contributed by atoms with Crippen molar-refractivity contribution in [3.05, 3.63) is 12.2 Å². The van der Waals surface area contributed by atoms with Crippen LogP contribution in [0.25, 0.3) is 0 Å². The van der Waals surface area contributed by atoms with Gasteiger partial charge in [-0.1, -0.05) is 0 Å². The molecule has 0 radical (unpaired) electrons. The molecule has 0 aromatic rings. The highest BCUT2D eigenvalue weighted by Gasteiger charge is 1.78. The monoisotopic (exact) mass is 114 g/mol. The van der Waals surface area contributed by atoms with E-state index in [0.717, 1.165) is 6.08 Å². The Balaban J connectivity index is 3.67. The first kappa shape index (κ1) is 6.68. The Labute approximate surface area is 45.6 Å². The molecule has 0 aliphatic heterocycles. The van der Waals surface area contributed by atoms with Crippen molar-refractivity contribution in [1.29, 1.82) is 0 Å². The number of hydrogen-bond acceptors (Lipinski definition) is 3. The summed E-state index contributed by atoms with van der Waals surface area (Å²) >= 11 is 0. The number of amides is 1. The number of aliphatic carboxylic acids is 1. The number of nitrogens with two attached hydrogens (primary N) is 1. The maximum absolute atomic E-state index is 9.75. The highest BCUT2D eigenvalue weighted by molar-refractivity contribution is 5.92. The molecule has 0 spiro atoms. The lowest BCUT2D eigenvalue weighted by atomic mass is 10.5. The Morgan fingerprint density at radius 3 is 2.00 bits per heavy atom. The van der Waals surface area contributed by atoms with Gasteiger partial charge in [-0.2, -0.15) is 0 Å². The molecule has 0 atom stereocenters. The third-order valence-corrected chi connectivity index (χ3v) is 0.384. The van der Waals surface area contributed by atoms with Crippen LogP contribution in [0, 0.1) is 0 Å². The van der Waals surface area contributed by atoms with Gasteiger partial charge in [-0.3, -0.25) is 4.79 Å². The molecule has 0 fully saturated rings. The van der Waals surface area contributed by atoms with Crippen molar-refractivity contribution in [1.82, 2.24) is 0 Å². The average Bonchev–Trinajstić information content (AvgIpc) is 1.61. The van der Waals surface area contributed by atoms with E-state index >= 15 is 0 Å². The standard InChI is InChI=1S/C4H5NO3/c5-3(6)1-2-4(7)8/h1-2H,(H2,5,6)(H,7,8)/p-1. The molecule has 0 bridgehead atoms. The highest BCUT2D eigenvalue weighted by Crippen LogP contribution is 1.64. The van der Waals surface area contributed by atoms with Crippen LogP contribution < -0.4 is 10.8 Å². The van der Waals surface area contributed by atoms with Crippen molar-refractivity contribution in [3.8, 4) is 0 Å². The fraction of sp³-hybridized carbons (Fsp3) is 0. The Morgan fingerprint density at radius 2 is 1.88 bits per heavy atom. The second kappa shape index (κ2) is 2.79. The van der Waals surface area contributed by atoms with Crippen molar-refractivity contribution in [2.24, 2.45) is 5.73 Å². The zero-order valence-corrected chi connectivity index (χ0v) is 3.96. The summed E-state index contributed by atoms with van der Waals surface area (Å²) in [6.07, 6.45) is 1.29. The lowest BCUT2D eigenvalue weighted by Gasteiger charge is -1.85. The molecule has 4 heteroatoms. The summed E-state index contributed by atoms with van der Waals surface area (Å²) in [6, 6.07) is 0. The first-order chi connectivity index (χ1) is 3.63. The summed E-state index contributed by atoms with van der Waals surface area (Å²) in [6.45, 7) is 0. The number of rotatable bonds is 2. The van der Waals surface area contributed by atoms with E-state index < -0.39 is 11.9 Å². The molecule has 0 aromatic heterocycles. The van der Waals surface area contributed by atoms with Gasteiger partial charge in [-0.25, -0.2) is 0 Å². The highest BCUT2D eigenvalue weighted by atomic mass is 16.4. The maximum Gasteiger partial charge on any atom is 0.241 e. The molecule has 44 valence electrons. The molecule has 0 rings (SSSR count). The van der Waals surface area contributed by atoms with Gasteiger partial charge in [0.25, 0.3) is 0 Å². The molecule has 0 saturated carbocycles. The van der Waals surface area contributed by atoms with Gasteiger partial charge in [0.1, 0.15) is 0 Å². The van der Waals surface area contributed by atoms with Crippen LogP contribution in [-0.4, -0.2) is 11.9 Å². The summed E-state index contributed by atoms with van der Waals surface area (Å²) in [5, 5.41) is 9.50. The van der Waals surface area contributed by atoms with Crippen LogP contribution >= 0.6 is 0 Å². The van der Waals surface area contributed by atoms with Gasteiger partial charge in [0.05, 0.1) is 5.97 Å². The van der Waals surface area contributed by atoms with Crippen molar-refractivity contribution < 1.29 is 14.7 Å². The van der Waals surface area contributed by atoms with Gasteiger partial charge >= 0.3 is 0 Å². The van der Waals surface area contributed by atoms with Gasteiger partial charge in [0.2, 0.25) is 5.91 Å². The number of carbonyl (C=O) groups excluding carboxylic acids is 2. The number of carboxylic acids is 1. The second-order valence-corrected chi connectivity index (χ2v) is 1.05. The SMILES string of the molecule is NC(=O)C=CC(=O)[O-]. The van der Waals surface area contributed by atoms with Gasteiger partial charge in [-0.15, -0.1) is 0 Å². The van der Waals surface area contributed by atoms with Gasteiger partial charge < -0.3 is 15.6 Å². The Morgan fingerprint density at radius 1 is 1.38 bits per heavy atom. The summed E-state index contributed by atoms with van der Waals surface area (Å²) < 4.78 is 0. The largest absolute Gasteiger partial charge is 0.545 e. The van der Waals surface area contributed by atoms with Crippen LogP contribution in [-0.2, 0) is 9.59 Å². The summed E-state index contributed by atoms with van der Waals surface area (Å²) in [7, 11) is 0. The molecule has 0 heterocycles. The maximum atomic E-state index is 9.75. The van der Waals surface area contributed by atoms with Gasteiger partial charge in [-0.05, 0) is 6.08 Å². The van der Waals surface area contributed by atoms with Crippen LogP contribution in [0.15, 0.2) is 12.2 Å². The molecule has 0 aliphatic carbocycles. The molecule has 1 amide bonds. The summed E-state index contributed by atoms with van der Waals surface area (Å²) in [5.74, 6) is -2.22. The fourth-order valence-corrected chi connectivity index (χ4v) is 0.150. The molecule has 8 heavy (non-hydrogen) atoms. The fourth-order valence-electron chi connectivity index (χ4n) is 0.150. The summed E-state index contributed by atoms with van der Waals surface area (Å²) in [5.41, 5.74) is 4.52. The number of carbonyl (C=O) groups is 2. The second-order valence-electron chi connectivity index (χ2n) is 1.05. The Hall–Kier alpha value is -1.32. The first-order valence-corrected chi connectivity index (χ1v) is 1.81. The van der Waals surface area contributed by atoms with E-state index in [2.05, 4.69) is 5.73 Å². The van der Waals surface area contributed by atoms with Crippen LogP contribution in [0.2, 0.25) is 0 Å². The third kappa shape index (κ3) is 4.68. The van der Waals surface area contributed by atoms with Gasteiger partial charge in [0, 0.05) is 6.08 Å². The van der Waals surface area contributed by atoms with E-state index in [9.17, 15) is 14.7 Å². The average molecular weight is 114 g/mol. The molecule has 0 unspecified atom stereocenters. The molecule has 4 nitrogen and oxygen atoms in total. The zero-order valence-electron chi connectivity index (χ0n) is 3.96.